The Morgan fingerprint density at radius 1 is 1.67 bits per heavy atom. The van der Waals surface area contributed by atoms with Crippen molar-refractivity contribution in [2.24, 2.45) is 0 Å². The van der Waals surface area contributed by atoms with E-state index in [9.17, 15) is 0 Å². The molecule has 2 aromatic heterocycles. The summed E-state index contributed by atoms with van der Waals surface area (Å²) in [6.45, 7) is 0. The lowest BCUT2D eigenvalue weighted by Gasteiger charge is -1.82. The van der Waals surface area contributed by atoms with Crippen LogP contribution in [-0.4, -0.2) is 9.96 Å². The molecule has 2 heterocycles. The SMILES string of the molecule is [2H]c1nc2c(c([2H])c1[2H])c([2H])c([2H])n2[2H]. The van der Waals surface area contributed by atoms with E-state index < -0.39 is 12.3 Å². The summed E-state index contributed by atoms with van der Waals surface area (Å²) in [4.78, 5) is 4.20. The van der Waals surface area contributed by atoms with Crippen molar-refractivity contribution < 1.29 is 8.27 Å². The minimum Gasteiger partial charge on any atom is -0.346 e. The van der Waals surface area contributed by atoms with Crippen LogP contribution < -0.4 is 0 Å². The van der Waals surface area contributed by atoms with Crippen LogP contribution in [0.25, 0.3) is 11.0 Å². The van der Waals surface area contributed by atoms with Gasteiger partial charge < -0.3 is 4.98 Å². The van der Waals surface area contributed by atoms with Crippen molar-refractivity contribution in [3.05, 3.63) is 30.5 Å². The van der Waals surface area contributed by atoms with E-state index in [0.29, 0.717) is 4.98 Å². The third-order valence-corrected chi connectivity index (χ3v) is 0.972. The Kier molecular flexibility index (Phi) is 0.281. The molecule has 0 aromatic carbocycles. The summed E-state index contributed by atoms with van der Waals surface area (Å²) >= 11 is 0. The normalized spacial score (nSPS) is 19.6. The van der Waals surface area contributed by atoms with Crippen molar-refractivity contribution in [1.29, 1.82) is 0 Å². The first kappa shape index (κ1) is 1.59. The van der Waals surface area contributed by atoms with Crippen LogP contribution in [0.2, 0.25) is 1.41 Å². The maximum Gasteiger partial charge on any atom is 0.167 e. The Hall–Kier alpha value is -1.31. The molecule has 0 unspecified atom stereocenters. The van der Waals surface area contributed by atoms with Crippen molar-refractivity contribution >= 4 is 11.0 Å². The Balaban J connectivity index is 3.06. The van der Waals surface area contributed by atoms with E-state index in [4.69, 9.17) is 8.27 Å². The van der Waals surface area contributed by atoms with Gasteiger partial charge in [0, 0.05) is 17.7 Å². The van der Waals surface area contributed by atoms with E-state index >= 15 is 0 Å². The quantitative estimate of drug-likeness (QED) is 0.567. The lowest BCUT2D eigenvalue weighted by molar-refractivity contribution is 1.33. The molecule has 2 rings (SSSR count). The number of rotatable bonds is 0. The molecule has 9 heavy (non-hydrogen) atoms. The van der Waals surface area contributed by atoms with E-state index in [0.717, 1.165) is 0 Å². The number of pyridine rings is 1. The molecule has 0 amide bonds. The van der Waals surface area contributed by atoms with Crippen molar-refractivity contribution in [3.63, 3.8) is 0 Å². The first-order valence-corrected chi connectivity index (χ1v) is 2.39. The lowest BCUT2D eigenvalue weighted by atomic mass is 10.3. The Morgan fingerprint density at radius 2 is 2.67 bits per heavy atom. The van der Waals surface area contributed by atoms with E-state index in [1.807, 2.05) is 0 Å². The zero-order valence-corrected chi connectivity index (χ0v) is 4.39. The van der Waals surface area contributed by atoms with Gasteiger partial charge in [0.25, 0.3) is 0 Å². The van der Waals surface area contributed by atoms with Gasteiger partial charge in [0.05, 0.1) is 6.85 Å². The highest BCUT2D eigenvalue weighted by Crippen LogP contribution is 2.05. The topological polar surface area (TPSA) is 28.7 Å². The van der Waals surface area contributed by atoms with Gasteiger partial charge in [-0.2, -0.15) is 0 Å². The molecule has 0 saturated carbocycles. The van der Waals surface area contributed by atoms with E-state index in [1.165, 1.54) is 0 Å². The Labute approximate surface area is 61.0 Å². The summed E-state index contributed by atoms with van der Waals surface area (Å²) in [6, 6.07) is -1.01. The molecule has 0 aliphatic heterocycles. The lowest BCUT2D eigenvalue weighted by Crippen LogP contribution is -1.70. The molecule has 0 bridgehead atoms. The predicted octanol–water partition coefficient (Wildman–Crippen LogP) is 1.56. The van der Waals surface area contributed by atoms with Crippen LogP contribution in [0.5, 0.6) is 0 Å². The van der Waals surface area contributed by atoms with Gasteiger partial charge in [-0.25, -0.2) is 4.98 Å². The second kappa shape index (κ2) is 1.58. The third kappa shape index (κ3) is 0.598. The van der Waals surface area contributed by atoms with Crippen LogP contribution in [0.15, 0.2) is 30.5 Å². The van der Waals surface area contributed by atoms with E-state index in [1.54, 1.807) is 0 Å². The zero-order chi connectivity index (χ0) is 11.3. The Bertz CT molecular complexity index is 561. The highest BCUT2D eigenvalue weighted by molar-refractivity contribution is 5.74. The summed E-state index contributed by atoms with van der Waals surface area (Å²) in [6.07, 6.45) is -0.811. The van der Waals surface area contributed by atoms with Crippen molar-refractivity contribution in [2.45, 2.75) is 0 Å². The van der Waals surface area contributed by atoms with Crippen molar-refractivity contribution in [3.8, 4) is 0 Å². The first-order chi connectivity index (χ1) is 6.95. The van der Waals surface area contributed by atoms with Gasteiger partial charge >= 0.3 is 0 Å². The first-order valence-electron chi connectivity index (χ1n) is 5.34. The van der Waals surface area contributed by atoms with Gasteiger partial charge in [-0.15, -0.1) is 0 Å². The molecule has 44 valence electrons. The molecule has 0 spiro atoms. The number of hydrogen-bond acceptors (Lipinski definition) is 1. The number of aromatic amines is 1. The largest absolute Gasteiger partial charge is 0.346 e. The highest BCUT2D eigenvalue weighted by atomic mass is 14.8. The highest BCUT2D eigenvalue weighted by Gasteiger charge is 1.88. The number of aromatic nitrogens is 2. The van der Waals surface area contributed by atoms with Gasteiger partial charge in [-0.1, -0.05) is 0 Å². The molecule has 0 fully saturated rings. The zero-order valence-electron chi connectivity index (χ0n) is 10.4. The van der Waals surface area contributed by atoms with Gasteiger partial charge in [0.2, 0.25) is 0 Å². The van der Waals surface area contributed by atoms with Crippen molar-refractivity contribution in [2.75, 3.05) is 0 Å². The van der Waals surface area contributed by atoms with Gasteiger partial charge in [-0.3, -0.25) is 0 Å². The molecule has 1 N–H and O–H groups in total. The average Bonchev–Trinajstić information content (AvgIpc) is 2.40. The number of nitrogens with zero attached hydrogens (tertiary/aromatic N) is 1. The maximum atomic E-state index is 7.53. The van der Waals surface area contributed by atoms with Gasteiger partial charge in [-0.05, 0) is 18.1 Å². The molecular weight excluding hydrogens is 112 g/mol. The Morgan fingerprint density at radius 3 is 3.67 bits per heavy atom. The van der Waals surface area contributed by atoms with E-state index in [-0.39, 0.29) is 29.2 Å². The second-order valence-corrected chi connectivity index (χ2v) is 1.52. The number of nitrogens with one attached hydrogen (secondary N) is 1. The minimum absolute atomic E-state index is 0.0176. The molecule has 2 aromatic rings. The monoisotopic (exact) mass is 124 g/mol. The summed E-state index contributed by atoms with van der Waals surface area (Å²) in [7, 11) is 0. The second-order valence-electron chi connectivity index (χ2n) is 1.52. The summed E-state index contributed by atoms with van der Waals surface area (Å²) < 4.78 is 44.4. The summed E-state index contributed by atoms with van der Waals surface area (Å²) in [5.74, 6) is 0. The molecule has 0 aliphatic rings. The summed E-state index contributed by atoms with van der Waals surface area (Å²) in [5, 5.41) is -0.0176. The van der Waals surface area contributed by atoms with Crippen LogP contribution in [0, 0.1) is 0 Å². The van der Waals surface area contributed by atoms with Crippen LogP contribution in [0.1, 0.15) is 6.85 Å². The fourth-order valence-electron chi connectivity index (χ4n) is 0.588. The number of H-pyrrole nitrogens is 1. The van der Waals surface area contributed by atoms with E-state index in [2.05, 4.69) is 4.98 Å². The van der Waals surface area contributed by atoms with Crippen LogP contribution >= 0.6 is 0 Å². The molecule has 0 aliphatic carbocycles. The minimum atomic E-state index is -0.418. The number of hydrogen-bond donors (Lipinski definition) is 1. The standard InChI is InChI=1S/C7H6N2/c1-2-6-3-5-9-7(6)8-4-1/h1-5H,(H,8,9)/i1D,2D,3D,4D,5D/hD. The molecule has 2 heteroatoms. The van der Waals surface area contributed by atoms with Crippen molar-refractivity contribution in [1.82, 2.24) is 9.96 Å². The fraction of sp³-hybridized carbons (Fsp3) is 0. The fourth-order valence-corrected chi connectivity index (χ4v) is 0.588. The molecular formula is C7H6N2. The van der Waals surface area contributed by atoms with Gasteiger partial charge in [0.1, 0.15) is 5.65 Å². The summed E-state index contributed by atoms with van der Waals surface area (Å²) in [5.41, 5.74) is -0.0870. The van der Waals surface area contributed by atoms with Gasteiger partial charge in [0.15, 0.2) is 1.41 Å². The molecule has 0 saturated heterocycles. The smallest absolute Gasteiger partial charge is 0.167 e. The predicted molar refractivity (Wildman–Crippen MR) is 36.1 cm³/mol. The molecule has 0 atom stereocenters. The average molecular weight is 124 g/mol. The number of fused-ring (bicyclic) bond motifs is 1. The van der Waals surface area contributed by atoms with Crippen LogP contribution in [0.4, 0.5) is 0 Å². The molecule has 0 radical (unpaired) electrons. The van der Waals surface area contributed by atoms with Crippen LogP contribution in [0.3, 0.4) is 0 Å². The third-order valence-electron chi connectivity index (χ3n) is 0.972. The maximum absolute atomic E-state index is 7.53. The van der Waals surface area contributed by atoms with Crippen LogP contribution in [-0.2, 0) is 0 Å². The molecule has 2 nitrogen and oxygen atoms in total.